The molecule has 0 bridgehead atoms. The Morgan fingerprint density at radius 3 is 2.41 bits per heavy atom. The average molecular weight is 404 g/mol. The highest BCUT2D eigenvalue weighted by Gasteiger charge is 2.31. The van der Waals surface area contributed by atoms with Gasteiger partial charge in [-0.25, -0.2) is 4.79 Å². The maximum Gasteiger partial charge on any atom is 0.416 e. The summed E-state index contributed by atoms with van der Waals surface area (Å²) >= 11 is 0. The number of rotatable bonds is 5. The maximum atomic E-state index is 12.9. The molecule has 3 aromatic rings. The predicted molar refractivity (Wildman–Crippen MR) is 95.9 cm³/mol. The van der Waals surface area contributed by atoms with E-state index in [4.69, 9.17) is 9.26 Å². The monoisotopic (exact) mass is 404 g/mol. The van der Waals surface area contributed by atoms with Crippen LogP contribution in [0.15, 0.2) is 65.2 Å². The van der Waals surface area contributed by atoms with E-state index in [1.807, 2.05) is 0 Å². The lowest BCUT2D eigenvalue weighted by atomic mass is 10.1. The number of carbonyl (C=O) groups excluding carboxylic acids is 2. The zero-order valence-electron chi connectivity index (χ0n) is 15.1. The minimum absolute atomic E-state index is 0.0858. The first kappa shape index (κ1) is 20.1. The first-order chi connectivity index (χ1) is 13.7. The van der Waals surface area contributed by atoms with E-state index < -0.39 is 29.7 Å². The largest absolute Gasteiger partial charge is 0.441 e. The summed E-state index contributed by atoms with van der Waals surface area (Å²) < 4.78 is 48.8. The Morgan fingerprint density at radius 2 is 1.79 bits per heavy atom. The van der Waals surface area contributed by atoms with Crippen LogP contribution in [0.3, 0.4) is 0 Å². The van der Waals surface area contributed by atoms with E-state index >= 15 is 0 Å². The molecule has 0 radical (unpaired) electrons. The number of amides is 1. The number of halogens is 3. The minimum Gasteiger partial charge on any atom is -0.441 e. The number of ether oxygens (including phenoxy) is 1. The summed E-state index contributed by atoms with van der Waals surface area (Å²) in [6.07, 6.45) is -5.97. The molecular weight excluding hydrogens is 389 g/mol. The highest BCUT2D eigenvalue weighted by atomic mass is 19.4. The van der Waals surface area contributed by atoms with Crippen LogP contribution in [0.2, 0.25) is 0 Å². The molecule has 0 fully saturated rings. The van der Waals surface area contributed by atoms with Crippen LogP contribution in [0.1, 0.15) is 33.5 Å². The Hall–Kier alpha value is -3.62. The number of alkyl halides is 3. The molecule has 0 saturated carbocycles. The van der Waals surface area contributed by atoms with Gasteiger partial charge in [0.1, 0.15) is 0 Å². The van der Waals surface area contributed by atoms with Gasteiger partial charge in [-0.2, -0.15) is 13.2 Å². The Kier molecular flexibility index (Phi) is 5.67. The fourth-order valence-electron chi connectivity index (χ4n) is 2.51. The van der Waals surface area contributed by atoms with Gasteiger partial charge in [0.25, 0.3) is 5.91 Å². The van der Waals surface area contributed by atoms with Crippen molar-refractivity contribution in [3.8, 4) is 0 Å². The molecule has 2 aromatic carbocycles. The maximum absolute atomic E-state index is 12.9. The summed E-state index contributed by atoms with van der Waals surface area (Å²) in [5, 5.41) is 5.93. The lowest BCUT2D eigenvalue weighted by molar-refractivity contribution is -0.137. The van der Waals surface area contributed by atoms with Crippen molar-refractivity contribution in [3.05, 3.63) is 83.2 Å². The van der Waals surface area contributed by atoms with Crippen molar-refractivity contribution >= 4 is 17.6 Å². The number of nitrogens with zero attached hydrogens (tertiary/aromatic N) is 1. The number of aryl methyl sites for hydroxylation is 1. The Bertz CT molecular complexity index is 1020. The van der Waals surface area contributed by atoms with Gasteiger partial charge in [-0.1, -0.05) is 41.6 Å². The van der Waals surface area contributed by atoms with Gasteiger partial charge in [-0.05, 0) is 25.1 Å². The van der Waals surface area contributed by atoms with Gasteiger partial charge in [0.2, 0.25) is 11.9 Å². The molecule has 150 valence electrons. The van der Waals surface area contributed by atoms with E-state index in [1.165, 1.54) is 18.2 Å². The Balaban J connectivity index is 1.84. The van der Waals surface area contributed by atoms with Crippen molar-refractivity contribution in [2.45, 2.75) is 19.2 Å². The normalized spacial score (nSPS) is 12.3. The molecule has 1 N–H and O–H groups in total. The molecule has 0 aliphatic carbocycles. The second-order valence-electron chi connectivity index (χ2n) is 6.10. The fourth-order valence-corrected chi connectivity index (χ4v) is 2.51. The Morgan fingerprint density at radius 1 is 1.07 bits per heavy atom. The highest BCUT2D eigenvalue weighted by molar-refractivity contribution is 5.97. The number of benzene rings is 2. The third kappa shape index (κ3) is 5.01. The summed E-state index contributed by atoms with van der Waals surface area (Å²) in [6, 6.07) is 13.6. The predicted octanol–water partition coefficient (Wildman–Crippen LogP) is 4.54. The van der Waals surface area contributed by atoms with E-state index in [0.717, 1.165) is 12.1 Å². The molecule has 0 aliphatic heterocycles. The van der Waals surface area contributed by atoms with E-state index in [0.29, 0.717) is 11.3 Å². The molecule has 1 heterocycles. The minimum atomic E-state index is -4.56. The lowest BCUT2D eigenvalue weighted by Gasteiger charge is -2.18. The molecule has 29 heavy (non-hydrogen) atoms. The molecule has 9 heteroatoms. The van der Waals surface area contributed by atoms with Crippen LogP contribution in [0.5, 0.6) is 0 Å². The summed E-state index contributed by atoms with van der Waals surface area (Å²) in [5.41, 5.74) is -0.221. The summed E-state index contributed by atoms with van der Waals surface area (Å²) in [4.78, 5) is 25.0. The van der Waals surface area contributed by atoms with Crippen molar-refractivity contribution in [2.75, 3.05) is 5.32 Å². The van der Waals surface area contributed by atoms with Crippen molar-refractivity contribution in [3.63, 3.8) is 0 Å². The zero-order valence-corrected chi connectivity index (χ0v) is 15.1. The topological polar surface area (TPSA) is 81.4 Å². The second kappa shape index (κ2) is 8.17. The van der Waals surface area contributed by atoms with Crippen LogP contribution < -0.4 is 5.32 Å². The van der Waals surface area contributed by atoms with Crippen molar-refractivity contribution < 1.29 is 32.0 Å². The van der Waals surface area contributed by atoms with Crippen LogP contribution in [0, 0.1) is 6.92 Å². The van der Waals surface area contributed by atoms with Crippen molar-refractivity contribution in [1.29, 1.82) is 0 Å². The number of nitrogens with one attached hydrogen (secondary N) is 1. The van der Waals surface area contributed by atoms with Crippen LogP contribution in [-0.2, 0) is 15.7 Å². The molecule has 1 unspecified atom stereocenters. The van der Waals surface area contributed by atoms with Gasteiger partial charge < -0.3 is 14.6 Å². The molecule has 1 atom stereocenters. The molecule has 0 spiro atoms. The van der Waals surface area contributed by atoms with Crippen LogP contribution in [0.4, 0.5) is 18.9 Å². The van der Waals surface area contributed by atoms with Gasteiger partial charge in [0.15, 0.2) is 0 Å². The van der Waals surface area contributed by atoms with E-state index in [1.54, 1.807) is 37.3 Å². The highest BCUT2D eigenvalue weighted by Crippen LogP contribution is 2.31. The Labute approximate surface area is 163 Å². The number of aromatic nitrogens is 1. The van der Waals surface area contributed by atoms with E-state index in [2.05, 4.69) is 10.5 Å². The molecular formula is C20H15F3N2O4. The van der Waals surface area contributed by atoms with Gasteiger partial charge >= 0.3 is 12.1 Å². The standard InChI is InChI=1S/C20H15F3N2O4/c1-12-10-16(29-25-12)19(27)28-17(13-6-3-2-4-7-13)18(26)24-15-9-5-8-14(11-15)20(21,22)23/h2-11,17H,1H3,(H,24,26). The number of hydrogen-bond acceptors (Lipinski definition) is 5. The van der Waals surface area contributed by atoms with Crippen LogP contribution in [-0.4, -0.2) is 17.0 Å². The smallest absolute Gasteiger partial charge is 0.416 e. The van der Waals surface area contributed by atoms with Gasteiger partial charge in [-0.15, -0.1) is 0 Å². The number of hydrogen-bond donors (Lipinski definition) is 1. The molecule has 3 rings (SSSR count). The molecule has 1 amide bonds. The zero-order chi connectivity index (χ0) is 21.0. The summed E-state index contributed by atoms with van der Waals surface area (Å²) in [6.45, 7) is 1.61. The lowest BCUT2D eigenvalue weighted by Crippen LogP contribution is -2.26. The third-order valence-electron chi connectivity index (χ3n) is 3.85. The van der Waals surface area contributed by atoms with Gasteiger partial charge in [-0.3, -0.25) is 4.79 Å². The molecule has 0 saturated heterocycles. The second-order valence-corrected chi connectivity index (χ2v) is 6.10. The van der Waals surface area contributed by atoms with Crippen LogP contribution in [0.25, 0.3) is 0 Å². The first-order valence-electron chi connectivity index (χ1n) is 8.41. The average Bonchev–Trinajstić information content (AvgIpc) is 3.12. The quantitative estimate of drug-likeness (QED) is 0.632. The first-order valence-corrected chi connectivity index (χ1v) is 8.41. The van der Waals surface area contributed by atoms with E-state index in [-0.39, 0.29) is 11.4 Å². The summed E-state index contributed by atoms with van der Waals surface area (Å²) in [5.74, 6) is -1.95. The number of anilines is 1. The van der Waals surface area contributed by atoms with Crippen molar-refractivity contribution in [1.82, 2.24) is 5.16 Å². The molecule has 6 nitrogen and oxygen atoms in total. The molecule has 0 aliphatic rings. The third-order valence-corrected chi connectivity index (χ3v) is 3.85. The van der Waals surface area contributed by atoms with Crippen LogP contribution >= 0.6 is 0 Å². The van der Waals surface area contributed by atoms with Gasteiger partial charge in [0.05, 0.1) is 11.3 Å². The SMILES string of the molecule is Cc1cc(C(=O)OC(C(=O)Nc2cccc(C(F)(F)F)c2)c2ccccc2)on1. The van der Waals surface area contributed by atoms with Gasteiger partial charge in [0, 0.05) is 17.3 Å². The number of esters is 1. The fraction of sp³-hybridized carbons (Fsp3) is 0.150. The number of carbonyl (C=O) groups is 2. The van der Waals surface area contributed by atoms with Crippen molar-refractivity contribution in [2.24, 2.45) is 0 Å². The summed E-state index contributed by atoms with van der Waals surface area (Å²) in [7, 11) is 0. The molecule has 1 aromatic heterocycles. The van der Waals surface area contributed by atoms with E-state index in [9.17, 15) is 22.8 Å².